The first-order chi connectivity index (χ1) is 9.27. The molecule has 0 bridgehead atoms. The van der Waals surface area contributed by atoms with Gasteiger partial charge in [0.2, 0.25) is 5.91 Å². The van der Waals surface area contributed by atoms with Gasteiger partial charge in [-0.3, -0.25) is 4.79 Å². The van der Waals surface area contributed by atoms with Crippen molar-refractivity contribution in [1.82, 2.24) is 5.32 Å². The van der Waals surface area contributed by atoms with Gasteiger partial charge in [-0.15, -0.1) is 11.3 Å². The Labute approximate surface area is 118 Å². The fourth-order valence-corrected chi connectivity index (χ4v) is 3.61. The third-order valence-corrected chi connectivity index (χ3v) is 4.53. The number of hydrogen-bond acceptors (Lipinski definition) is 4. The number of primary amides is 1. The predicted octanol–water partition coefficient (Wildman–Crippen LogP) is 2.07. The Kier molecular flexibility index (Phi) is 5.82. The molecule has 1 amide bonds. The van der Waals surface area contributed by atoms with Gasteiger partial charge in [0.05, 0.1) is 6.61 Å². The first-order valence-corrected chi connectivity index (χ1v) is 7.78. The number of ether oxygens (including phenoxy) is 1. The minimum Gasteiger partial charge on any atom is -0.370 e. The van der Waals surface area contributed by atoms with E-state index < -0.39 is 5.91 Å². The van der Waals surface area contributed by atoms with Gasteiger partial charge in [-0.25, -0.2) is 0 Å². The first-order valence-electron chi connectivity index (χ1n) is 6.90. The van der Waals surface area contributed by atoms with E-state index in [-0.39, 0.29) is 6.61 Å². The lowest BCUT2D eigenvalue weighted by molar-refractivity contribution is -0.122. The quantitative estimate of drug-likeness (QED) is 0.717. The molecule has 1 aliphatic carbocycles. The molecule has 1 aromatic rings. The molecule has 3 N–H and O–H groups in total. The molecule has 0 radical (unpaired) electrons. The summed E-state index contributed by atoms with van der Waals surface area (Å²) in [6.07, 6.45) is 5.29. The highest BCUT2D eigenvalue weighted by Gasteiger charge is 2.26. The van der Waals surface area contributed by atoms with Crippen LogP contribution in [0.15, 0.2) is 17.5 Å². The Bertz CT molecular complexity index is 375. The Balaban J connectivity index is 1.79. The lowest BCUT2D eigenvalue weighted by Crippen LogP contribution is -2.30. The van der Waals surface area contributed by atoms with Gasteiger partial charge in [0, 0.05) is 17.5 Å². The maximum atomic E-state index is 10.6. The molecule has 19 heavy (non-hydrogen) atoms. The van der Waals surface area contributed by atoms with Crippen LogP contribution in [0.4, 0.5) is 0 Å². The van der Waals surface area contributed by atoms with E-state index >= 15 is 0 Å². The molecule has 1 unspecified atom stereocenters. The summed E-state index contributed by atoms with van der Waals surface area (Å²) in [5.41, 5.74) is 5.03. The third-order valence-electron chi connectivity index (χ3n) is 3.58. The molecule has 5 heteroatoms. The highest BCUT2D eigenvalue weighted by molar-refractivity contribution is 7.10. The number of nitrogens with one attached hydrogen (secondary N) is 1. The highest BCUT2D eigenvalue weighted by Crippen LogP contribution is 2.37. The number of thiophene rings is 1. The number of carbonyl (C=O) groups is 1. The maximum Gasteiger partial charge on any atom is 0.243 e. The second kappa shape index (κ2) is 7.62. The Hall–Kier alpha value is -0.910. The summed E-state index contributed by atoms with van der Waals surface area (Å²) in [6, 6.07) is 4.73. The number of carbonyl (C=O) groups excluding carboxylic acids is 1. The fourth-order valence-electron chi connectivity index (χ4n) is 2.72. The molecule has 1 atom stereocenters. The molecule has 4 nitrogen and oxygen atoms in total. The van der Waals surface area contributed by atoms with Crippen LogP contribution in [0, 0.1) is 5.92 Å². The number of nitrogens with two attached hydrogens (primary N) is 1. The summed E-state index contributed by atoms with van der Waals surface area (Å²) in [6.45, 7) is 1.29. The number of hydrogen-bond donors (Lipinski definition) is 2. The molecule has 2 rings (SSSR count). The molecule has 0 spiro atoms. The van der Waals surface area contributed by atoms with E-state index in [0.29, 0.717) is 12.6 Å². The summed E-state index contributed by atoms with van der Waals surface area (Å²) < 4.78 is 5.19. The van der Waals surface area contributed by atoms with E-state index in [2.05, 4.69) is 22.8 Å². The molecule has 1 saturated carbocycles. The van der Waals surface area contributed by atoms with Crippen LogP contribution in [0.1, 0.15) is 36.6 Å². The minimum absolute atomic E-state index is 0.00871. The molecule has 0 saturated heterocycles. The largest absolute Gasteiger partial charge is 0.370 e. The molecular formula is C14H22N2O2S. The van der Waals surface area contributed by atoms with Crippen molar-refractivity contribution >= 4 is 17.2 Å². The van der Waals surface area contributed by atoms with Gasteiger partial charge in [-0.1, -0.05) is 18.9 Å². The van der Waals surface area contributed by atoms with Crippen LogP contribution in [0.25, 0.3) is 0 Å². The summed E-state index contributed by atoms with van der Waals surface area (Å²) in [4.78, 5) is 12.0. The zero-order chi connectivity index (χ0) is 13.5. The average molecular weight is 282 g/mol. The van der Waals surface area contributed by atoms with Crippen LogP contribution in [-0.2, 0) is 9.53 Å². The van der Waals surface area contributed by atoms with E-state index in [1.165, 1.54) is 30.6 Å². The summed E-state index contributed by atoms with van der Waals surface area (Å²) in [7, 11) is 0. The van der Waals surface area contributed by atoms with Crippen LogP contribution >= 0.6 is 11.3 Å². The summed E-state index contributed by atoms with van der Waals surface area (Å²) in [5.74, 6) is 0.320. The third kappa shape index (κ3) is 4.60. The van der Waals surface area contributed by atoms with E-state index in [4.69, 9.17) is 10.5 Å². The standard InChI is InChI=1S/C14H22N2O2S/c15-13(17)10-18-8-7-16-14(11-4-1-2-5-11)12-6-3-9-19-12/h3,6,9,11,14,16H,1-2,4-5,7-8,10H2,(H2,15,17). The zero-order valence-electron chi connectivity index (χ0n) is 11.1. The van der Waals surface area contributed by atoms with Crippen molar-refractivity contribution in [3.05, 3.63) is 22.4 Å². The molecule has 0 aliphatic heterocycles. The van der Waals surface area contributed by atoms with Crippen molar-refractivity contribution in [2.45, 2.75) is 31.7 Å². The van der Waals surface area contributed by atoms with E-state index in [0.717, 1.165) is 12.5 Å². The topological polar surface area (TPSA) is 64.4 Å². The van der Waals surface area contributed by atoms with Gasteiger partial charge in [0.15, 0.2) is 0 Å². The molecule has 106 valence electrons. The average Bonchev–Trinajstić information content (AvgIpc) is 3.06. The zero-order valence-corrected chi connectivity index (χ0v) is 12.0. The molecule has 1 heterocycles. The second-order valence-electron chi connectivity index (χ2n) is 5.01. The van der Waals surface area contributed by atoms with Gasteiger partial charge < -0.3 is 15.8 Å². The normalized spacial score (nSPS) is 17.7. The second-order valence-corrected chi connectivity index (χ2v) is 5.99. The summed E-state index contributed by atoms with van der Waals surface area (Å²) in [5, 5.41) is 5.70. The van der Waals surface area contributed by atoms with E-state index in [1.807, 2.05) is 11.3 Å². The van der Waals surface area contributed by atoms with Crippen molar-refractivity contribution in [2.24, 2.45) is 11.7 Å². The lowest BCUT2D eigenvalue weighted by Gasteiger charge is -2.23. The van der Waals surface area contributed by atoms with Crippen LogP contribution in [0.2, 0.25) is 0 Å². The highest BCUT2D eigenvalue weighted by atomic mass is 32.1. The van der Waals surface area contributed by atoms with Crippen LogP contribution < -0.4 is 11.1 Å². The molecule has 1 aromatic heterocycles. The van der Waals surface area contributed by atoms with Crippen molar-refractivity contribution in [3.63, 3.8) is 0 Å². The van der Waals surface area contributed by atoms with Gasteiger partial charge in [0.25, 0.3) is 0 Å². The molecular weight excluding hydrogens is 260 g/mol. The molecule has 1 aliphatic rings. The monoisotopic (exact) mass is 282 g/mol. The molecule has 0 aromatic carbocycles. The SMILES string of the molecule is NC(=O)COCCNC(c1cccs1)C1CCCC1. The fraction of sp³-hybridized carbons (Fsp3) is 0.643. The Morgan fingerprint density at radius 3 is 2.95 bits per heavy atom. The van der Waals surface area contributed by atoms with Gasteiger partial charge in [-0.2, -0.15) is 0 Å². The van der Waals surface area contributed by atoms with Crippen molar-refractivity contribution in [2.75, 3.05) is 19.8 Å². The first kappa shape index (κ1) is 14.5. The van der Waals surface area contributed by atoms with Gasteiger partial charge in [0.1, 0.15) is 6.61 Å². The van der Waals surface area contributed by atoms with Crippen molar-refractivity contribution < 1.29 is 9.53 Å². The lowest BCUT2D eigenvalue weighted by atomic mass is 9.97. The minimum atomic E-state index is -0.411. The number of amides is 1. The van der Waals surface area contributed by atoms with E-state index in [1.54, 1.807) is 0 Å². The van der Waals surface area contributed by atoms with Gasteiger partial charge in [-0.05, 0) is 30.2 Å². The summed E-state index contributed by atoms with van der Waals surface area (Å²) >= 11 is 1.81. The van der Waals surface area contributed by atoms with Crippen molar-refractivity contribution in [3.8, 4) is 0 Å². The molecule has 1 fully saturated rings. The predicted molar refractivity (Wildman–Crippen MR) is 77.0 cm³/mol. The Morgan fingerprint density at radius 1 is 1.53 bits per heavy atom. The smallest absolute Gasteiger partial charge is 0.243 e. The van der Waals surface area contributed by atoms with E-state index in [9.17, 15) is 4.79 Å². The van der Waals surface area contributed by atoms with Crippen LogP contribution in [0.3, 0.4) is 0 Å². The number of rotatable bonds is 8. The maximum absolute atomic E-state index is 10.6. The van der Waals surface area contributed by atoms with Crippen molar-refractivity contribution in [1.29, 1.82) is 0 Å². The van der Waals surface area contributed by atoms with Crippen LogP contribution in [0.5, 0.6) is 0 Å². The van der Waals surface area contributed by atoms with Gasteiger partial charge >= 0.3 is 0 Å². The van der Waals surface area contributed by atoms with Crippen LogP contribution in [-0.4, -0.2) is 25.7 Å². The Morgan fingerprint density at radius 2 is 2.32 bits per heavy atom.